The van der Waals surface area contributed by atoms with Crippen LogP contribution in [0, 0.1) is 19.8 Å². The predicted octanol–water partition coefficient (Wildman–Crippen LogP) is 5.18. The second kappa shape index (κ2) is 9.43. The van der Waals surface area contributed by atoms with E-state index in [2.05, 4.69) is 33.4 Å². The summed E-state index contributed by atoms with van der Waals surface area (Å²) in [5.41, 5.74) is 4.86. The highest BCUT2D eigenvalue weighted by molar-refractivity contribution is 5.96. The van der Waals surface area contributed by atoms with Gasteiger partial charge >= 0.3 is 0 Å². The summed E-state index contributed by atoms with van der Waals surface area (Å²) in [6, 6.07) is 14.0. The maximum atomic E-state index is 12.9. The Morgan fingerprint density at radius 3 is 2.71 bits per heavy atom. The number of likely N-dealkylation sites (tertiary alicyclic amines) is 1. The number of aromatic nitrogens is 3. The van der Waals surface area contributed by atoms with E-state index in [1.54, 1.807) is 0 Å². The Bertz CT molecular complexity index is 1310. The Morgan fingerprint density at radius 2 is 1.91 bits per heavy atom. The van der Waals surface area contributed by atoms with Gasteiger partial charge in [0, 0.05) is 22.8 Å². The van der Waals surface area contributed by atoms with E-state index >= 15 is 0 Å². The molecule has 0 unspecified atom stereocenters. The van der Waals surface area contributed by atoms with E-state index in [4.69, 9.17) is 4.42 Å². The lowest BCUT2D eigenvalue weighted by molar-refractivity contribution is -0.116. The van der Waals surface area contributed by atoms with E-state index < -0.39 is 0 Å². The number of benzene rings is 2. The first kappa shape index (κ1) is 22.3. The number of hydrogen-bond donors (Lipinski definition) is 1. The Kier molecular flexibility index (Phi) is 6.20. The number of piperidine rings is 1. The summed E-state index contributed by atoms with van der Waals surface area (Å²) in [5, 5.41) is 12.7. The summed E-state index contributed by atoms with van der Waals surface area (Å²) < 4.78 is 8.01. The molecule has 0 spiro atoms. The van der Waals surface area contributed by atoms with Gasteiger partial charge in [-0.2, -0.15) is 0 Å². The Balaban J connectivity index is 1.35. The minimum absolute atomic E-state index is 0.0789. The van der Waals surface area contributed by atoms with Crippen LogP contribution in [0.15, 0.2) is 53.1 Å². The van der Waals surface area contributed by atoms with Crippen molar-refractivity contribution in [1.29, 1.82) is 0 Å². The number of amides is 1. The van der Waals surface area contributed by atoms with Crippen LogP contribution in [0.2, 0.25) is 0 Å². The fourth-order valence-electron chi connectivity index (χ4n) is 4.68. The molecule has 34 heavy (non-hydrogen) atoms. The molecule has 1 aliphatic heterocycles. The third-order valence-electron chi connectivity index (χ3n) is 6.69. The summed E-state index contributed by atoms with van der Waals surface area (Å²) in [7, 11) is 0. The number of anilines is 1. The van der Waals surface area contributed by atoms with Gasteiger partial charge in [0.15, 0.2) is 0 Å². The third kappa shape index (κ3) is 4.75. The van der Waals surface area contributed by atoms with Crippen LogP contribution < -0.4 is 5.32 Å². The van der Waals surface area contributed by atoms with Crippen LogP contribution in [0.25, 0.3) is 22.4 Å². The van der Waals surface area contributed by atoms with Crippen LogP contribution in [0.1, 0.15) is 36.8 Å². The van der Waals surface area contributed by atoms with Crippen molar-refractivity contribution < 1.29 is 9.21 Å². The number of nitrogens with zero attached hydrogens (tertiary/aromatic N) is 4. The molecule has 7 heteroatoms. The molecule has 176 valence electrons. The van der Waals surface area contributed by atoms with E-state index in [-0.39, 0.29) is 12.5 Å². The van der Waals surface area contributed by atoms with Crippen LogP contribution in [0.3, 0.4) is 0 Å². The third-order valence-corrected chi connectivity index (χ3v) is 6.69. The SMILES string of the molecule is Cc1ccc(NC(=O)Cn2cc(-c3nnc(CN4CCC(C)CC4)o3)c3ccccc32)c(C)c1. The van der Waals surface area contributed by atoms with Crippen molar-refractivity contribution >= 4 is 22.5 Å². The summed E-state index contributed by atoms with van der Waals surface area (Å²) in [4.78, 5) is 15.2. The highest BCUT2D eigenvalue weighted by Gasteiger charge is 2.20. The minimum Gasteiger partial charge on any atom is -0.419 e. The highest BCUT2D eigenvalue weighted by atomic mass is 16.4. The van der Waals surface area contributed by atoms with E-state index in [1.807, 2.05) is 61.0 Å². The number of fused-ring (bicyclic) bond motifs is 1. The largest absolute Gasteiger partial charge is 0.419 e. The first-order chi connectivity index (χ1) is 16.5. The summed E-state index contributed by atoms with van der Waals surface area (Å²) >= 11 is 0. The maximum Gasteiger partial charge on any atom is 0.249 e. The first-order valence-corrected chi connectivity index (χ1v) is 12.0. The van der Waals surface area contributed by atoms with Crippen LogP contribution in [-0.2, 0) is 17.9 Å². The molecular weight excluding hydrogens is 426 g/mol. The zero-order chi connectivity index (χ0) is 23.7. The Morgan fingerprint density at radius 1 is 1.12 bits per heavy atom. The second-order valence-electron chi connectivity index (χ2n) is 9.51. The molecule has 0 bridgehead atoms. The first-order valence-electron chi connectivity index (χ1n) is 12.0. The Labute approximate surface area is 199 Å². The van der Waals surface area contributed by atoms with Crippen molar-refractivity contribution in [2.45, 2.75) is 46.7 Å². The molecule has 5 rings (SSSR count). The van der Waals surface area contributed by atoms with Gasteiger partial charge in [0.05, 0.1) is 12.1 Å². The fourth-order valence-corrected chi connectivity index (χ4v) is 4.68. The van der Waals surface area contributed by atoms with E-state index in [1.165, 1.54) is 18.4 Å². The van der Waals surface area contributed by atoms with E-state index in [0.29, 0.717) is 18.3 Å². The molecule has 0 radical (unpaired) electrons. The fraction of sp³-hybridized carbons (Fsp3) is 0.370. The smallest absolute Gasteiger partial charge is 0.249 e. The number of carbonyl (C=O) groups is 1. The number of nitrogens with one attached hydrogen (secondary N) is 1. The van der Waals surface area contributed by atoms with Crippen LogP contribution in [-0.4, -0.2) is 38.7 Å². The standard InChI is InChI=1S/C27H31N5O2/c1-18-10-12-31(13-11-18)17-26-29-30-27(34-26)22-15-32(24-7-5-4-6-21(22)24)16-25(33)28-23-9-8-19(2)14-20(23)3/h4-9,14-15,18H,10-13,16-17H2,1-3H3,(H,28,33). The molecule has 2 aromatic carbocycles. The molecule has 1 saturated heterocycles. The van der Waals surface area contributed by atoms with E-state index in [0.717, 1.165) is 46.7 Å². The average molecular weight is 458 g/mol. The van der Waals surface area contributed by atoms with Gasteiger partial charge < -0.3 is 14.3 Å². The van der Waals surface area contributed by atoms with Gasteiger partial charge in [-0.15, -0.1) is 10.2 Å². The van der Waals surface area contributed by atoms with Crippen molar-refractivity contribution in [2.75, 3.05) is 18.4 Å². The molecule has 1 fully saturated rings. The number of rotatable bonds is 6. The molecule has 1 aliphatic rings. The molecule has 2 aromatic heterocycles. The van der Waals surface area contributed by atoms with E-state index in [9.17, 15) is 4.79 Å². The van der Waals surface area contributed by atoms with Gasteiger partial charge in [-0.25, -0.2) is 0 Å². The van der Waals surface area contributed by atoms with Gasteiger partial charge in [-0.1, -0.05) is 42.8 Å². The zero-order valence-corrected chi connectivity index (χ0v) is 20.0. The predicted molar refractivity (Wildman–Crippen MR) is 133 cm³/mol. The van der Waals surface area contributed by atoms with Gasteiger partial charge in [0.1, 0.15) is 6.54 Å². The topological polar surface area (TPSA) is 76.2 Å². The number of hydrogen-bond acceptors (Lipinski definition) is 5. The van der Waals surface area contributed by atoms with Gasteiger partial charge in [0.2, 0.25) is 17.7 Å². The molecule has 3 heterocycles. The quantitative estimate of drug-likeness (QED) is 0.432. The lowest BCUT2D eigenvalue weighted by Crippen LogP contribution is -2.32. The van der Waals surface area contributed by atoms with Crippen molar-refractivity contribution in [3.8, 4) is 11.5 Å². The van der Waals surface area contributed by atoms with Crippen molar-refractivity contribution in [1.82, 2.24) is 19.7 Å². The normalized spacial score (nSPS) is 15.1. The average Bonchev–Trinajstić information content (AvgIpc) is 3.42. The molecule has 0 saturated carbocycles. The number of carbonyl (C=O) groups excluding carboxylic acids is 1. The lowest BCUT2D eigenvalue weighted by Gasteiger charge is -2.28. The van der Waals surface area contributed by atoms with Crippen molar-refractivity contribution in [3.63, 3.8) is 0 Å². The molecule has 1 N–H and O–H groups in total. The van der Waals surface area contributed by atoms with Gasteiger partial charge in [-0.05, 0) is 63.4 Å². The zero-order valence-electron chi connectivity index (χ0n) is 20.0. The lowest BCUT2D eigenvalue weighted by atomic mass is 9.99. The molecule has 0 aliphatic carbocycles. The van der Waals surface area contributed by atoms with Crippen LogP contribution in [0.4, 0.5) is 5.69 Å². The Hall–Kier alpha value is -3.45. The molecule has 1 amide bonds. The van der Waals surface area contributed by atoms with Crippen LogP contribution >= 0.6 is 0 Å². The second-order valence-corrected chi connectivity index (χ2v) is 9.51. The van der Waals surface area contributed by atoms with Gasteiger partial charge in [0.25, 0.3) is 0 Å². The highest BCUT2D eigenvalue weighted by Crippen LogP contribution is 2.30. The van der Waals surface area contributed by atoms with Crippen LogP contribution in [0.5, 0.6) is 0 Å². The molecule has 0 atom stereocenters. The van der Waals surface area contributed by atoms with Crippen molar-refractivity contribution in [2.24, 2.45) is 5.92 Å². The summed E-state index contributed by atoms with van der Waals surface area (Å²) in [6.45, 7) is 9.35. The summed E-state index contributed by atoms with van der Waals surface area (Å²) in [5.74, 6) is 1.83. The molecule has 7 nitrogen and oxygen atoms in total. The number of para-hydroxylation sites is 1. The maximum absolute atomic E-state index is 12.9. The monoisotopic (exact) mass is 457 g/mol. The molecule has 4 aromatic rings. The minimum atomic E-state index is -0.0789. The summed E-state index contributed by atoms with van der Waals surface area (Å²) in [6.07, 6.45) is 4.35. The number of aryl methyl sites for hydroxylation is 2. The van der Waals surface area contributed by atoms with Gasteiger partial charge in [-0.3, -0.25) is 9.69 Å². The van der Waals surface area contributed by atoms with Crippen molar-refractivity contribution in [3.05, 3.63) is 65.7 Å². The molecular formula is C27H31N5O2.